The molecule has 120 valence electrons. The summed E-state index contributed by atoms with van der Waals surface area (Å²) in [5.41, 5.74) is 4.80. The highest BCUT2D eigenvalue weighted by Gasteiger charge is 2.24. The Bertz CT molecular complexity index is 735. The second kappa shape index (κ2) is 6.88. The fourth-order valence-corrected chi connectivity index (χ4v) is 1.87. The van der Waals surface area contributed by atoms with E-state index in [1.165, 1.54) is 23.4 Å². The number of rotatable bonds is 5. The number of amides is 1. The highest BCUT2D eigenvalue weighted by molar-refractivity contribution is 6.30. The van der Waals surface area contributed by atoms with E-state index in [1.54, 1.807) is 26.2 Å². The van der Waals surface area contributed by atoms with Gasteiger partial charge in [-0.15, -0.1) is 0 Å². The second-order valence-corrected chi connectivity index (χ2v) is 5.07. The molecule has 0 atom stereocenters. The van der Waals surface area contributed by atoms with Gasteiger partial charge >= 0.3 is 5.69 Å². The van der Waals surface area contributed by atoms with E-state index in [-0.39, 0.29) is 17.3 Å². The lowest BCUT2D eigenvalue weighted by atomic mass is 10.2. The van der Waals surface area contributed by atoms with Crippen molar-refractivity contribution >= 4 is 34.8 Å². The van der Waals surface area contributed by atoms with Gasteiger partial charge in [0.25, 0.3) is 5.91 Å². The number of hydrazine groups is 1. The monoisotopic (exact) mass is 336 g/mol. The van der Waals surface area contributed by atoms with Crippen molar-refractivity contribution in [3.05, 3.63) is 51.3 Å². The van der Waals surface area contributed by atoms with E-state index in [4.69, 9.17) is 11.6 Å². The molecular weight excluding hydrogens is 324 g/mol. The quantitative estimate of drug-likeness (QED) is 0.632. The predicted molar refractivity (Wildman–Crippen MR) is 85.6 cm³/mol. The fraction of sp³-hybridized carbons (Fsp3) is 0.154. The lowest BCUT2D eigenvalue weighted by Crippen LogP contribution is -2.30. The van der Waals surface area contributed by atoms with Crippen LogP contribution in [0.2, 0.25) is 5.02 Å². The summed E-state index contributed by atoms with van der Waals surface area (Å²) in [4.78, 5) is 31.7. The molecule has 2 rings (SSSR count). The number of hydrogen-bond donors (Lipinski definition) is 2. The molecule has 1 heterocycles. The van der Waals surface area contributed by atoms with Gasteiger partial charge in [0, 0.05) is 24.7 Å². The van der Waals surface area contributed by atoms with Crippen LogP contribution >= 0.6 is 11.6 Å². The second-order valence-electron chi connectivity index (χ2n) is 4.63. The Labute approximate surface area is 136 Å². The van der Waals surface area contributed by atoms with Gasteiger partial charge < -0.3 is 4.90 Å². The molecule has 10 heteroatoms. The van der Waals surface area contributed by atoms with Gasteiger partial charge in [-0.05, 0) is 24.3 Å². The molecule has 2 N–H and O–H groups in total. The Morgan fingerprint density at radius 1 is 1.26 bits per heavy atom. The number of hydrogen-bond acceptors (Lipinski definition) is 7. The largest absolute Gasteiger partial charge is 0.357 e. The topological polar surface area (TPSA) is 113 Å². The van der Waals surface area contributed by atoms with Crippen molar-refractivity contribution in [3.8, 4) is 0 Å². The summed E-state index contributed by atoms with van der Waals surface area (Å²) in [5.74, 6) is -0.481. The van der Waals surface area contributed by atoms with E-state index in [2.05, 4.69) is 20.8 Å². The molecule has 0 saturated heterocycles. The van der Waals surface area contributed by atoms with Gasteiger partial charge in [0.1, 0.15) is 6.33 Å². The van der Waals surface area contributed by atoms with Gasteiger partial charge in [0.2, 0.25) is 11.6 Å². The summed E-state index contributed by atoms with van der Waals surface area (Å²) >= 11 is 5.75. The first-order valence-corrected chi connectivity index (χ1v) is 6.76. The zero-order valence-electron chi connectivity index (χ0n) is 12.3. The fourth-order valence-electron chi connectivity index (χ4n) is 1.75. The van der Waals surface area contributed by atoms with Gasteiger partial charge in [-0.1, -0.05) is 11.6 Å². The highest BCUT2D eigenvalue weighted by atomic mass is 35.5. The smallest absolute Gasteiger partial charge is 0.355 e. The maximum Gasteiger partial charge on any atom is 0.355 e. The SMILES string of the molecule is CN(C)c1ncnc(NNC(=O)c2ccc(Cl)cc2)c1[N+](=O)[O-]. The molecule has 2 aromatic rings. The minimum absolute atomic E-state index is 0.115. The zero-order chi connectivity index (χ0) is 17.0. The van der Waals surface area contributed by atoms with Gasteiger partial charge in [0.15, 0.2) is 0 Å². The first-order chi connectivity index (χ1) is 10.9. The van der Waals surface area contributed by atoms with E-state index in [1.807, 2.05) is 0 Å². The third kappa shape index (κ3) is 3.83. The van der Waals surface area contributed by atoms with Crippen molar-refractivity contribution in [2.24, 2.45) is 0 Å². The van der Waals surface area contributed by atoms with Crippen LogP contribution in [0.25, 0.3) is 0 Å². The Kier molecular flexibility index (Phi) is 4.91. The van der Waals surface area contributed by atoms with E-state index in [0.29, 0.717) is 10.6 Å². The molecule has 1 amide bonds. The van der Waals surface area contributed by atoms with Crippen molar-refractivity contribution in [2.45, 2.75) is 0 Å². The molecule has 23 heavy (non-hydrogen) atoms. The average molecular weight is 337 g/mol. The molecule has 0 aliphatic carbocycles. The summed E-state index contributed by atoms with van der Waals surface area (Å²) in [6.45, 7) is 0. The molecule has 0 aliphatic rings. The standard InChI is InChI=1S/C13H13ClN6O3/c1-19(2)12-10(20(22)23)11(15-7-16-12)17-18-13(21)8-3-5-9(14)6-4-8/h3-7H,1-2H3,(H,18,21)(H,15,16,17). The van der Waals surface area contributed by atoms with Crippen LogP contribution in [0, 0.1) is 10.1 Å². The number of carbonyl (C=O) groups excluding carboxylic acids is 1. The van der Waals surface area contributed by atoms with Crippen LogP contribution in [0.5, 0.6) is 0 Å². The van der Waals surface area contributed by atoms with Crippen molar-refractivity contribution < 1.29 is 9.72 Å². The van der Waals surface area contributed by atoms with Crippen molar-refractivity contribution in [3.63, 3.8) is 0 Å². The van der Waals surface area contributed by atoms with Crippen LogP contribution in [0.1, 0.15) is 10.4 Å². The van der Waals surface area contributed by atoms with Crippen LogP contribution in [0.3, 0.4) is 0 Å². The first kappa shape index (κ1) is 16.4. The van der Waals surface area contributed by atoms with Crippen LogP contribution in [0.4, 0.5) is 17.3 Å². The zero-order valence-corrected chi connectivity index (χ0v) is 13.0. The number of carbonyl (C=O) groups is 1. The summed E-state index contributed by atoms with van der Waals surface area (Å²) in [5, 5.41) is 11.7. The maximum atomic E-state index is 12.0. The normalized spacial score (nSPS) is 10.0. The Balaban J connectivity index is 2.20. The number of anilines is 2. The molecule has 0 saturated carbocycles. The van der Waals surface area contributed by atoms with Crippen molar-refractivity contribution in [1.82, 2.24) is 15.4 Å². The van der Waals surface area contributed by atoms with Gasteiger partial charge in [0.05, 0.1) is 4.92 Å². The summed E-state index contributed by atoms with van der Waals surface area (Å²) in [6.07, 6.45) is 1.17. The number of nitrogens with zero attached hydrogens (tertiary/aromatic N) is 4. The van der Waals surface area contributed by atoms with Crippen LogP contribution in [0.15, 0.2) is 30.6 Å². The third-order valence-corrected chi connectivity index (χ3v) is 3.06. The van der Waals surface area contributed by atoms with Gasteiger partial charge in [-0.25, -0.2) is 9.97 Å². The predicted octanol–water partition coefficient (Wildman–Crippen LogP) is 1.86. The van der Waals surface area contributed by atoms with E-state index >= 15 is 0 Å². The molecule has 0 unspecified atom stereocenters. The summed E-state index contributed by atoms with van der Waals surface area (Å²) in [6, 6.07) is 6.18. The molecule has 1 aromatic heterocycles. The van der Waals surface area contributed by atoms with Crippen molar-refractivity contribution in [1.29, 1.82) is 0 Å². The lowest BCUT2D eigenvalue weighted by Gasteiger charge is -2.13. The molecule has 9 nitrogen and oxygen atoms in total. The average Bonchev–Trinajstić information content (AvgIpc) is 2.52. The molecule has 0 bridgehead atoms. The van der Waals surface area contributed by atoms with E-state index in [9.17, 15) is 14.9 Å². The Morgan fingerprint density at radius 2 is 1.91 bits per heavy atom. The minimum atomic E-state index is -0.619. The number of benzene rings is 1. The maximum absolute atomic E-state index is 12.0. The van der Waals surface area contributed by atoms with Gasteiger partial charge in [-0.3, -0.25) is 25.8 Å². The molecular formula is C13H13ClN6O3. The number of nitrogens with one attached hydrogen (secondary N) is 2. The number of halogens is 1. The Morgan fingerprint density at radius 3 is 2.48 bits per heavy atom. The van der Waals surface area contributed by atoms with E-state index in [0.717, 1.165) is 0 Å². The van der Waals surface area contributed by atoms with Crippen LogP contribution in [-0.2, 0) is 0 Å². The summed E-state index contributed by atoms with van der Waals surface area (Å²) in [7, 11) is 3.23. The van der Waals surface area contributed by atoms with Crippen LogP contribution in [-0.4, -0.2) is 34.9 Å². The van der Waals surface area contributed by atoms with Crippen LogP contribution < -0.4 is 15.8 Å². The van der Waals surface area contributed by atoms with Crippen molar-refractivity contribution in [2.75, 3.05) is 24.4 Å². The first-order valence-electron chi connectivity index (χ1n) is 6.38. The van der Waals surface area contributed by atoms with Gasteiger partial charge in [-0.2, -0.15) is 0 Å². The number of aromatic nitrogens is 2. The summed E-state index contributed by atoms with van der Waals surface area (Å²) < 4.78 is 0. The number of nitro groups is 1. The van der Waals surface area contributed by atoms with E-state index < -0.39 is 10.8 Å². The molecule has 0 radical (unpaired) electrons. The Hall–Kier alpha value is -2.94. The minimum Gasteiger partial charge on any atom is -0.357 e. The lowest BCUT2D eigenvalue weighted by molar-refractivity contribution is -0.383. The molecule has 1 aromatic carbocycles. The molecule has 0 aliphatic heterocycles. The highest BCUT2D eigenvalue weighted by Crippen LogP contribution is 2.29. The third-order valence-electron chi connectivity index (χ3n) is 2.81. The molecule has 0 spiro atoms. The molecule has 0 fully saturated rings.